The van der Waals surface area contributed by atoms with Gasteiger partial charge in [-0.25, -0.2) is 8.99 Å². The van der Waals surface area contributed by atoms with Gasteiger partial charge >= 0.3 is 0 Å². The fraction of sp³-hybridized carbons (Fsp3) is 0.133. The Labute approximate surface area is 138 Å². The summed E-state index contributed by atoms with van der Waals surface area (Å²) in [6.07, 6.45) is 2.49. The number of aryl methyl sites for hydroxylation is 1. The van der Waals surface area contributed by atoms with Crippen molar-refractivity contribution in [1.82, 2.24) is 5.16 Å². The average molecular weight is 346 g/mol. The molecule has 1 heterocycles. The molecule has 9 heteroatoms. The first-order valence-electron chi connectivity index (χ1n) is 6.64. The summed E-state index contributed by atoms with van der Waals surface area (Å²) in [5.41, 5.74) is -0.0166. The molecule has 8 nitrogen and oxygen atoms in total. The Balaban J connectivity index is 2.28. The van der Waals surface area contributed by atoms with Gasteiger partial charge in [-0.05, 0) is 31.2 Å². The van der Waals surface area contributed by atoms with Crippen LogP contribution in [0.5, 0.6) is 0 Å². The van der Waals surface area contributed by atoms with E-state index in [1.54, 1.807) is 6.07 Å². The molecule has 0 aliphatic rings. The molecule has 124 valence electrons. The van der Waals surface area contributed by atoms with E-state index in [1.807, 2.05) is 0 Å². The van der Waals surface area contributed by atoms with Gasteiger partial charge in [0.25, 0.3) is 5.91 Å². The molecule has 1 aromatic carbocycles. The van der Waals surface area contributed by atoms with Crippen molar-refractivity contribution in [2.75, 3.05) is 11.6 Å². The largest absolute Gasteiger partial charge is 0.506 e. The normalized spacial score (nSPS) is 14.2. The van der Waals surface area contributed by atoms with Crippen LogP contribution >= 0.6 is 0 Å². The zero-order valence-electron chi connectivity index (χ0n) is 12.9. The van der Waals surface area contributed by atoms with Crippen molar-refractivity contribution in [2.24, 2.45) is 0 Å². The van der Waals surface area contributed by atoms with Gasteiger partial charge in [0.05, 0.1) is 21.5 Å². The zero-order chi connectivity index (χ0) is 17.9. The van der Waals surface area contributed by atoms with Crippen molar-refractivity contribution in [3.8, 4) is 6.07 Å². The molecular weight excluding hydrogens is 332 g/mol. The minimum Gasteiger partial charge on any atom is -0.506 e. The first-order chi connectivity index (χ1) is 11.2. The van der Waals surface area contributed by atoms with Gasteiger partial charge in [-0.1, -0.05) is 5.16 Å². The van der Waals surface area contributed by atoms with Crippen molar-refractivity contribution in [2.45, 2.75) is 11.8 Å². The third kappa shape index (κ3) is 3.61. The molecule has 0 aliphatic heterocycles. The zero-order valence-corrected chi connectivity index (χ0v) is 13.7. The molecule has 0 fully saturated rings. The maximum Gasteiger partial charge on any atom is 0.270 e. The molecule has 0 bridgehead atoms. The monoisotopic (exact) mass is 346 g/mol. The second-order valence-electron chi connectivity index (χ2n) is 4.95. The molecule has 1 unspecified atom stereocenters. The van der Waals surface area contributed by atoms with Gasteiger partial charge in [0.1, 0.15) is 11.8 Å². The Morgan fingerprint density at radius 3 is 2.50 bits per heavy atom. The van der Waals surface area contributed by atoms with Gasteiger partial charge in [0.2, 0.25) is 0 Å². The van der Waals surface area contributed by atoms with Crippen LogP contribution in [-0.2, 0) is 14.5 Å². The van der Waals surface area contributed by atoms with E-state index in [1.165, 1.54) is 43.6 Å². The third-order valence-corrected chi connectivity index (χ3v) is 4.32. The summed E-state index contributed by atoms with van der Waals surface area (Å²) < 4.78 is 23.9. The molecular formula is C15H14N4O4S. The lowest BCUT2D eigenvalue weighted by Gasteiger charge is -2.07. The van der Waals surface area contributed by atoms with Crippen LogP contribution in [0.4, 0.5) is 5.69 Å². The van der Waals surface area contributed by atoms with Crippen LogP contribution in [-0.4, -0.2) is 26.6 Å². The molecule has 0 spiro atoms. The SMILES string of the molecule is Cc1oncc1/C(O)=C(\C#N)C(=O)Nc1ccc(S(C)(=N)=O)cc1. The maximum atomic E-state index is 12.2. The van der Waals surface area contributed by atoms with E-state index in [-0.39, 0.29) is 11.3 Å². The quantitative estimate of drug-likeness (QED) is 0.441. The standard InChI is InChI=1S/C15H14N4O4S/c1-9-13(8-18-23-9)14(20)12(7-16)15(21)19-10-3-5-11(6-4-10)24(2,17)22/h3-6,8,17,20H,1-2H3,(H,19,21)/b14-12-. The molecule has 1 amide bonds. The van der Waals surface area contributed by atoms with Gasteiger partial charge in [0, 0.05) is 16.8 Å². The van der Waals surface area contributed by atoms with Crippen molar-refractivity contribution >= 4 is 27.1 Å². The lowest BCUT2D eigenvalue weighted by Crippen LogP contribution is -2.15. The number of hydrogen-bond acceptors (Lipinski definition) is 7. The Kier molecular flexibility index (Phi) is 4.71. The van der Waals surface area contributed by atoms with E-state index in [2.05, 4.69) is 10.5 Å². The number of hydrogen-bond donors (Lipinski definition) is 3. The molecule has 0 saturated heterocycles. The molecule has 0 radical (unpaired) electrons. The highest BCUT2D eigenvalue weighted by molar-refractivity contribution is 7.91. The number of amides is 1. The number of carbonyl (C=O) groups is 1. The second-order valence-corrected chi connectivity index (χ2v) is 7.11. The topological polar surface area (TPSA) is 140 Å². The fourth-order valence-electron chi connectivity index (χ4n) is 1.86. The minimum atomic E-state index is -2.85. The summed E-state index contributed by atoms with van der Waals surface area (Å²) in [6.45, 7) is 1.54. The number of aromatic nitrogens is 1. The molecule has 0 saturated carbocycles. The lowest BCUT2D eigenvalue weighted by molar-refractivity contribution is -0.112. The van der Waals surface area contributed by atoms with Crippen molar-refractivity contribution in [3.63, 3.8) is 0 Å². The van der Waals surface area contributed by atoms with E-state index in [0.29, 0.717) is 10.6 Å². The highest BCUT2D eigenvalue weighted by Crippen LogP contribution is 2.21. The summed E-state index contributed by atoms with van der Waals surface area (Å²) in [6, 6.07) is 7.46. The summed E-state index contributed by atoms with van der Waals surface area (Å²) in [4.78, 5) is 12.5. The summed E-state index contributed by atoms with van der Waals surface area (Å²) in [7, 11) is -2.85. The number of benzene rings is 1. The molecule has 0 aliphatic carbocycles. The number of aliphatic hydroxyl groups excluding tert-OH is 1. The summed E-state index contributed by atoms with van der Waals surface area (Å²) >= 11 is 0. The van der Waals surface area contributed by atoms with Gasteiger partial charge in [-0.3, -0.25) is 4.79 Å². The number of aliphatic hydroxyl groups is 1. The predicted octanol–water partition coefficient (Wildman–Crippen LogP) is 2.45. The number of anilines is 1. The number of nitrogens with zero attached hydrogens (tertiary/aromatic N) is 2. The van der Waals surface area contributed by atoms with Crippen LogP contribution in [0.2, 0.25) is 0 Å². The van der Waals surface area contributed by atoms with E-state index in [9.17, 15) is 14.1 Å². The van der Waals surface area contributed by atoms with Crippen LogP contribution in [0.25, 0.3) is 5.76 Å². The highest BCUT2D eigenvalue weighted by atomic mass is 32.2. The second kappa shape index (κ2) is 6.55. The Hall–Kier alpha value is -3.12. The van der Waals surface area contributed by atoms with Crippen LogP contribution in [0.1, 0.15) is 11.3 Å². The van der Waals surface area contributed by atoms with Gasteiger partial charge in [-0.2, -0.15) is 5.26 Å². The average Bonchev–Trinajstić information content (AvgIpc) is 2.93. The molecule has 3 N–H and O–H groups in total. The maximum absolute atomic E-state index is 12.2. The van der Waals surface area contributed by atoms with E-state index >= 15 is 0 Å². The summed E-state index contributed by atoms with van der Waals surface area (Å²) in [5, 5.41) is 25.2. The van der Waals surface area contributed by atoms with Crippen molar-refractivity contribution < 1.29 is 18.6 Å². The Morgan fingerprint density at radius 1 is 1.42 bits per heavy atom. The Morgan fingerprint density at radius 2 is 2.04 bits per heavy atom. The van der Waals surface area contributed by atoms with Gasteiger partial charge < -0.3 is 14.9 Å². The number of rotatable bonds is 4. The Bertz CT molecular complexity index is 950. The first kappa shape index (κ1) is 17.2. The number of carbonyl (C=O) groups excluding carboxylic acids is 1. The van der Waals surface area contributed by atoms with Gasteiger partial charge in [0.15, 0.2) is 11.3 Å². The highest BCUT2D eigenvalue weighted by Gasteiger charge is 2.20. The number of nitriles is 1. The minimum absolute atomic E-state index is 0.150. The smallest absolute Gasteiger partial charge is 0.270 e. The van der Waals surface area contributed by atoms with Gasteiger partial charge in [-0.15, -0.1) is 0 Å². The van der Waals surface area contributed by atoms with E-state index in [0.717, 1.165) is 0 Å². The molecule has 1 aromatic heterocycles. The third-order valence-electron chi connectivity index (χ3n) is 3.14. The van der Waals surface area contributed by atoms with Crippen LogP contribution in [0, 0.1) is 23.0 Å². The van der Waals surface area contributed by atoms with Crippen LogP contribution in [0.15, 0.2) is 45.5 Å². The van der Waals surface area contributed by atoms with Crippen LogP contribution < -0.4 is 5.32 Å². The van der Waals surface area contributed by atoms with E-state index < -0.39 is 27.0 Å². The number of nitrogens with one attached hydrogen (secondary N) is 2. The van der Waals surface area contributed by atoms with Crippen LogP contribution in [0.3, 0.4) is 0 Å². The molecule has 24 heavy (non-hydrogen) atoms. The molecule has 2 rings (SSSR count). The molecule has 1 atom stereocenters. The molecule has 2 aromatic rings. The van der Waals surface area contributed by atoms with E-state index in [4.69, 9.17) is 14.6 Å². The summed E-state index contributed by atoms with van der Waals surface area (Å²) in [5.74, 6) is -1.08. The fourth-order valence-corrected chi connectivity index (χ4v) is 2.52. The lowest BCUT2D eigenvalue weighted by atomic mass is 10.1. The first-order valence-corrected chi connectivity index (χ1v) is 8.61. The van der Waals surface area contributed by atoms with Crippen molar-refractivity contribution in [1.29, 1.82) is 10.0 Å². The predicted molar refractivity (Wildman–Crippen MR) is 86.5 cm³/mol. The van der Waals surface area contributed by atoms with Crippen molar-refractivity contribution in [3.05, 3.63) is 47.4 Å².